The Morgan fingerprint density at radius 3 is 2.60 bits per heavy atom. The molecule has 4 aromatic rings. The van der Waals surface area contributed by atoms with Crippen LogP contribution in [0.3, 0.4) is 0 Å². The van der Waals surface area contributed by atoms with Gasteiger partial charge in [-0.15, -0.1) is 11.8 Å². The van der Waals surface area contributed by atoms with Crippen molar-refractivity contribution in [3.8, 4) is 0 Å². The average Bonchev–Trinajstić information content (AvgIpc) is 3.08. The second-order valence-electron chi connectivity index (χ2n) is 8.51. The van der Waals surface area contributed by atoms with Gasteiger partial charge < -0.3 is 9.40 Å². The van der Waals surface area contributed by atoms with Gasteiger partial charge in [-0.05, 0) is 49.7 Å². The van der Waals surface area contributed by atoms with E-state index in [1.165, 1.54) is 6.92 Å². The van der Waals surface area contributed by atoms with E-state index < -0.39 is 5.97 Å². The second-order valence-corrected chi connectivity index (χ2v) is 9.61. The Labute approximate surface area is 206 Å². The summed E-state index contributed by atoms with van der Waals surface area (Å²) in [6.45, 7) is 6.03. The highest BCUT2D eigenvalue weighted by molar-refractivity contribution is 7.99. The fourth-order valence-electron chi connectivity index (χ4n) is 4.68. The van der Waals surface area contributed by atoms with Crippen LogP contribution in [-0.2, 0) is 16.2 Å². The Bertz CT molecular complexity index is 1560. The van der Waals surface area contributed by atoms with Crippen LogP contribution in [0.25, 0.3) is 21.8 Å². The summed E-state index contributed by atoms with van der Waals surface area (Å²) in [5.41, 5.74) is 5.04. The summed E-state index contributed by atoms with van der Waals surface area (Å²) in [4.78, 5) is 43.5. The molecule has 0 spiro atoms. The van der Waals surface area contributed by atoms with Gasteiger partial charge in [0.05, 0.1) is 5.52 Å². The van der Waals surface area contributed by atoms with Crippen molar-refractivity contribution in [3.05, 3.63) is 76.9 Å². The van der Waals surface area contributed by atoms with Gasteiger partial charge >= 0.3 is 5.97 Å². The number of thioether (sulfide) groups is 1. The number of fused-ring (bicyclic) bond motifs is 5. The zero-order valence-electron chi connectivity index (χ0n) is 19.8. The summed E-state index contributed by atoms with van der Waals surface area (Å²) in [5, 5.41) is 5.73. The van der Waals surface area contributed by atoms with Gasteiger partial charge in [-0.2, -0.15) is 0 Å². The van der Waals surface area contributed by atoms with E-state index in [0.29, 0.717) is 28.9 Å². The first kappa shape index (κ1) is 23.1. The lowest BCUT2D eigenvalue weighted by Gasteiger charge is -2.08. The molecule has 0 unspecified atom stereocenters. The first-order valence-corrected chi connectivity index (χ1v) is 12.5. The predicted octanol–water partition coefficient (Wildman–Crippen LogP) is 5.95. The molecule has 6 nitrogen and oxygen atoms in total. The lowest BCUT2D eigenvalue weighted by Crippen LogP contribution is -2.15. The monoisotopic (exact) mass is 484 g/mol. The summed E-state index contributed by atoms with van der Waals surface area (Å²) in [7, 11) is 0. The molecular formula is C28H24N2O4S. The topological polar surface area (TPSA) is 77.7 Å². The zero-order chi connectivity index (χ0) is 24.7. The molecule has 7 heteroatoms. The van der Waals surface area contributed by atoms with E-state index >= 15 is 0 Å². The quantitative estimate of drug-likeness (QED) is 0.203. The number of carbonyl (C=O) groups excluding carboxylic acids is 3. The number of Topliss-reactive ketones (excluding diaryl/α,β-unsaturated/α-hetero) is 1. The maximum Gasteiger partial charge on any atom is 0.331 e. The van der Waals surface area contributed by atoms with E-state index in [9.17, 15) is 14.4 Å². The molecule has 1 aliphatic rings. The number of nitrogens with zero attached hydrogens (tertiary/aromatic N) is 2. The number of oxime groups is 1. The fourth-order valence-corrected chi connectivity index (χ4v) is 5.85. The Balaban J connectivity index is 1.73. The van der Waals surface area contributed by atoms with Crippen LogP contribution in [0.4, 0.5) is 0 Å². The Hall–Kier alpha value is -3.71. The first-order valence-electron chi connectivity index (χ1n) is 11.5. The largest absolute Gasteiger partial charge is 0.341 e. The Kier molecular flexibility index (Phi) is 6.03. The van der Waals surface area contributed by atoms with Gasteiger partial charge in [0.15, 0.2) is 5.78 Å². The average molecular weight is 485 g/mol. The van der Waals surface area contributed by atoms with Crippen molar-refractivity contribution in [2.75, 3.05) is 5.75 Å². The maximum absolute atomic E-state index is 13.4. The Morgan fingerprint density at radius 2 is 1.86 bits per heavy atom. The molecule has 0 fully saturated rings. The molecule has 0 aliphatic carbocycles. The van der Waals surface area contributed by atoms with E-state index in [0.717, 1.165) is 38.8 Å². The number of hydrogen-bond donors (Lipinski definition) is 0. The minimum Gasteiger partial charge on any atom is -0.341 e. The standard InChI is InChI=1S/C28H24N2O4S/c1-4-30-23-11-9-18(26(32)19-8-6-5-7-16(19)2)15-21(23)25-24(30)12-10-20-27(33)22(29-34-17(3)31)13-14-35-28(20)25/h5-12,15H,4,13-14H2,1-3H3/b29-22+. The SMILES string of the molecule is CCn1c2ccc(C(=O)c3ccccc3C)cc2c2c3c(ccc21)C(=O)/C(=N/OC(C)=O)CCS3. The minimum absolute atomic E-state index is 0.0241. The lowest BCUT2D eigenvalue weighted by molar-refractivity contribution is -0.140. The van der Waals surface area contributed by atoms with Gasteiger partial charge in [-0.3, -0.25) is 9.59 Å². The van der Waals surface area contributed by atoms with Crippen LogP contribution in [0, 0.1) is 6.92 Å². The number of benzene rings is 3. The molecule has 0 saturated carbocycles. The third kappa shape index (κ3) is 3.96. The van der Waals surface area contributed by atoms with Crippen molar-refractivity contribution in [1.29, 1.82) is 0 Å². The van der Waals surface area contributed by atoms with Crippen LogP contribution in [-0.4, -0.2) is 33.6 Å². The van der Waals surface area contributed by atoms with Gasteiger partial charge in [0.2, 0.25) is 5.78 Å². The molecule has 35 heavy (non-hydrogen) atoms. The smallest absolute Gasteiger partial charge is 0.331 e. The third-order valence-electron chi connectivity index (χ3n) is 6.33. The molecule has 5 rings (SSSR count). The number of rotatable bonds is 4. The van der Waals surface area contributed by atoms with Crippen molar-refractivity contribution >= 4 is 56.8 Å². The van der Waals surface area contributed by atoms with Gasteiger partial charge in [-0.25, -0.2) is 4.79 Å². The van der Waals surface area contributed by atoms with Crippen LogP contribution < -0.4 is 0 Å². The molecule has 176 valence electrons. The van der Waals surface area contributed by atoms with Gasteiger partial charge in [-0.1, -0.05) is 29.4 Å². The van der Waals surface area contributed by atoms with Gasteiger partial charge in [0.1, 0.15) is 5.71 Å². The van der Waals surface area contributed by atoms with E-state index in [1.807, 2.05) is 61.5 Å². The number of aryl methyl sites for hydroxylation is 2. The second kappa shape index (κ2) is 9.15. The summed E-state index contributed by atoms with van der Waals surface area (Å²) in [5.74, 6) is -0.199. The number of carbonyl (C=O) groups is 3. The number of ketones is 2. The lowest BCUT2D eigenvalue weighted by atomic mass is 9.97. The summed E-state index contributed by atoms with van der Waals surface area (Å²) < 4.78 is 2.21. The molecule has 0 amide bonds. The highest BCUT2D eigenvalue weighted by Crippen LogP contribution is 2.41. The predicted molar refractivity (Wildman–Crippen MR) is 139 cm³/mol. The molecule has 1 aliphatic heterocycles. The number of aromatic nitrogens is 1. The molecule has 0 N–H and O–H groups in total. The van der Waals surface area contributed by atoms with Crippen LogP contribution >= 0.6 is 11.8 Å². The molecule has 2 heterocycles. The molecule has 0 atom stereocenters. The van der Waals surface area contributed by atoms with Crippen molar-refractivity contribution in [3.63, 3.8) is 0 Å². The fraction of sp³-hybridized carbons (Fsp3) is 0.214. The summed E-state index contributed by atoms with van der Waals surface area (Å²) in [6.07, 6.45) is 0.399. The van der Waals surface area contributed by atoms with Crippen LogP contribution in [0.2, 0.25) is 0 Å². The highest BCUT2D eigenvalue weighted by atomic mass is 32.2. The van der Waals surface area contributed by atoms with E-state index in [-0.39, 0.29) is 17.3 Å². The van der Waals surface area contributed by atoms with E-state index in [4.69, 9.17) is 4.84 Å². The van der Waals surface area contributed by atoms with Crippen molar-refractivity contribution < 1.29 is 19.2 Å². The summed E-state index contributed by atoms with van der Waals surface area (Å²) >= 11 is 1.59. The maximum atomic E-state index is 13.4. The molecular weight excluding hydrogens is 460 g/mol. The van der Waals surface area contributed by atoms with Crippen molar-refractivity contribution in [2.24, 2.45) is 5.16 Å². The zero-order valence-corrected chi connectivity index (χ0v) is 20.6. The summed E-state index contributed by atoms with van der Waals surface area (Å²) in [6, 6.07) is 17.2. The van der Waals surface area contributed by atoms with Crippen LogP contribution in [0.5, 0.6) is 0 Å². The molecule has 3 aromatic carbocycles. The normalized spacial score (nSPS) is 14.8. The minimum atomic E-state index is -0.560. The highest BCUT2D eigenvalue weighted by Gasteiger charge is 2.27. The number of hydrogen-bond acceptors (Lipinski definition) is 6. The molecule has 0 radical (unpaired) electrons. The molecule has 0 bridgehead atoms. The van der Waals surface area contributed by atoms with E-state index in [2.05, 4.69) is 16.6 Å². The first-order chi connectivity index (χ1) is 16.9. The molecule has 0 saturated heterocycles. The van der Waals surface area contributed by atoms with Crippen molar-refractivity contribution in [2.45, 2.75) is 38.6 Å². The van der Waals surface area contributed by atoms with Gasteiger partial charge in [0.25, 0.3) is 0 Å². The third-order valence-corrected chi connectivity index (χ3v) is 7.45. The van der Waals surface area contributed by atoms with Gasteiger partial charge in [0, 0.05) is 63.5 Å². The van der Waals surface area contributed by atoms with E-state index in [1.54, 1.807) is 11.8 Å². The van der Waals surface area contributed by atoms with Crippen LogP contribution in [0.1, 0.15) is 52.1 Å². The van der Waals surface area contributed by atoms with Crippen LogP contribution in [0.15, 0.2) is 64.6 Å². The molecule has 1 aromatic heterocycles. The Morgan fingerprint density at radius 1 is 1.09 bits per heavy atom. The van der Waals surface area contributed by atoms with Crippen molar-refractivity contribution in [1.82, 2.24) is 4.57 Å².